The molecular weight excluding hydrogens is 325 g/mol. The van der Waals surface area contributed by atoms with Gasteiger partial charge in [-0.05, 0) is 19.9 Å². The van der Waals surface area contributed by atoms with Gasteiger partial charge in [-0.15, -0.1) is 0 Å². The summed E-state index contributed by atoms with van der Waals surface area (Å²) >= 11 is 0. The SMILES string of the molecule is C=CC(=O)N(C)CC(C)S(=O)(=O)O.C=CC(=O)OC(C)O.[NaH]. The Balaban J connectivity index is -0.000000348. The van der Waals surface area contributed by atoms with Crippen molar-refractivity contribution < 1.29 is 32.4 Å². The van der Waals surface area contributed by atoms with Gasteiger partial charge in [0.05, 0.1) is 0 Å². The van der Waals surface area contributed by atoms with Crippen LogP contribution in [0.1, 0.15) is 13.8 Å². The molecule has 124 valence electrons. The second kappa shape index (κ2) is 12.8. The molecule has 0 saturated heterocycles. The number of aliphatic hydroxyl groups is 1. The number of nitrogens with zero attached hydrogens (tertiary/aromatic N) is 1. The van der Waals surface area contributed by atoms with Crippen LogP contribution < -0.4 is 0 Å². The van der Waals surface area contributed by atoms with Crippen molar-refractivity contribution in [3.05, 3.63) is 25.3 Å². The number of ether oxygens (including phenoxy) is 1. The number of esters is 1. The first-order chi connectivity index (χ1) is 9.45. The van der Waals surface area contributed by atoms with Crippen molar-refractivity contribution in [3.63, 3.8) is 0 Å². The molecule has 0 spiro atoms. The van der Waals surface area contributed by atoms with Gasteiger partial charge in [-0.1, -0.05) is 13.2 Å². The predicted molar refractivity (Wildman–Crippen MR) is 84.0 cm³/mol. The minimum atomic E-state index is -4.07. The molecule has 22 heavy (non-hydrogen) atoms. The van der Waals surface area contributed by atoms with E-state index in [1.165, 1.54) is 25.8 Å². The summed E-state index contributed by atoms with van der Waals surface area (Å²) in [6.07, 6.45) is 1.03. The molecule has 0 aliphatic carbocycles. The van der Waals surface area contributed by atoms with Gasteiger partial charge in [-0.25, -0.2) is 4.79 Å². The van der Waals surface area contributed by atoms with Crippen LogP contribution in [0.4, 0.5) is 0 Å². The molecule has 0 rings (SSSR count). The normalized spacial score (nSPS) is 12.4. The van der Waals surface area contributed by atoms with Gasteiger partial charge in [0.25, 0.3) is 10.1 Å². The molecule has 0 aliphatic rings. The van der Waals surface area contributed by atoms with E-state index in [1.54, 1.807) is 0 Å². The van der Waals surface area contributed by atoms with Crippen LogP contribution in [0, 0.1) is 0 Å². The fourth-order valence-electron chi connectivity index (χ4n) is 0.942. The molecule has 1 amide bonds. The van der Waals surface area contributed by atoms with Crippen molar-refractivity contribution in [2.45, 2.75) is 25.4 Å². The summed E-state index contributed by atoms with van der Waals surface area (Å²) in [5, 5.41) is 7.38. The number of aliphatic hydroxyl groups excluding tert-OH is 1. The Morgan fingerprint density at radius 2 is 1.73 bits per heavy atom. The first-order valence-corrected chi connectivity index (χ1v) is 7.30. The Labute approximate surface area is 152 Å². The van der Waals surface area contributed by atoms with Gasteiger partial charge in [-0.3, -0.25) is 9.35 Å². The molecule has 0 radical (unpaired) electrons. The molecule has 0 aromatic rings. The molecule has 2 unspecified atom stereocenters. The summed E-state index contributed by atoms with van der Waals surface area (Å²) < 4.78 is 33.9. The zero-order chi connectivity index (χ0) is 17.2. The number of carbonyl (C=O) groups is 2. The van der Waals surface area contributed by atoms with E-state index < -0.39 is 27.6 Å². The minimum absolute atomic E-state index is 0. The topological polar surface area (TPSA) is 121 Å². The first-order valence-electron chi connectivity index (χ1n) is 5.80. The third-order valence-corrected chi connectivity index (χ3v) is 3.21. The number of likely N-dealkylation sites (N-methyl/N-ethyl adjacent to an activating group) is 1. The van der Waals surface area contributed by atoms with Crippen LogP contribution >= 0.6 is 0 Å². The van der Waals surface area contributed by atoms with Crippen molar-refractivity contribution in [1.82, 2.24) is 4.90 Å². The first kappa shape index (κ1) is 26.2. The van der Waals surface area contributed by atoms with Gasteiger partial charge < -0.3 is 14.7 Å². The van der Waals surface area contributed by atoms with Crippen molar-refractivity contribution >= 4 is 51.6 Å². The van der Waals surface area contributed by atoms with Gasteiger partial charge in [0, 0.05) is 19.7 Å². The summed E-state index contributed by atoms with van der Waals surface area (Å²) in [5.74, 6) is -0.990. The van der Waals surface area contributed by atoms with E-state index in [0.717, 1.165) is 12.2 Å². The maximum atomic E-state index is 10.9. The monoisotopic (exact) mass is 347 g/mol. The Morgan fingerprint density at radius 1 is 1.27 bits per heavy atom. The molecule has 2 atom stereocenters. The van der Waals surface area contributed by atoms with Crippen LogP contribution in [-0.2, 0) is 24.4 Å². The number of hydrogen-bond donors (Lipinski definition) is 2. The molecule has 10 heteroatoms. The van der Waals surface area contributed by atoms with Gasteiger partial charge in [0.2, 0.25) is 5.91 Å². The number of rotatable bonds is 6. The Hall–Kier alpha value is -0.710. The molecule has 0 bridgehead atoms. The van der Waals surface area contributed by atoms with E-state index in [-0.39, 0.29) is 42.0 Å². The summed E-state index contributed by atoms with van der Waals surface area (Å²) in [5.41, 5.74) is 0. The van der Waals surface area contributed by atoms with Crippen LogP contribution in [0.25, 0.3) is 0 Å². The van der Waals surface area contributed by atoms with Gasteiger partial charge >= 0.3 is 35.5 Å². The average Bonchev–Trinajstić information content (AvgIpc) is 2.36. The van der Waals surface area contributed by atoms with Crippen LogP contribution in [0.5, 0.6) is 0 Å². The van der Waals surface area contributed by atoms with Crippen LogP contribution in [-0.4, -0.2) is 89.5 Å². The van der Waals surface area contributed by atoms with Crippen LogP contribution in [0.15, 0.2) is 25.3 Å². The van der Waals surface area contributed by atoms with E-state index in [2.05, 4.69) is 17.9 Å². The van der Waals surface area contributed by atoms with Crippen molar-refractivity contribution in [2.75, 3.05) is 13.6 Å². The Morgan fingerprint density at radius 3 is 1.95 bits per heavy atom. The van der Waals surface area contributed by atoms with Crippen molar-refractivity contribution in [3.8, 4) is 0 Å². The summed E-state index contributed by atoms with van der Waals surface area (Å²) in [6, 6.07) is 0. The Bertz CT molecular complexity index is 476. The van der Waals surface area contributed by atoms with Crippen LogP contribution in [0.2, 0.25) is 0 Å². The van der Waals surface area contributed by atoms with Crippen LogP contribution in [0.3, 0.4) is 0 Å². The molecule has 2 N–H and O–H groups in total. The summed E-state index contributed by atoms with van der Waals surface area (Å²) in [6.45, 7) is 8.99. The zero-order valence-corrected chi connectivity index (χ0v) is 13.0. The van der Waals surface area contributed by atoms with E-state index in [4.69, 9.17) is 9.66 Å². The number of carbonyl (C=O) groups excluding carboxylic acids is 2. The van der Waals surface area contributed by atoms with Crippen molar-refractivity contribution in [2.24, 2.45) is 0 Å². The van der Waals surface area contributed by atoms with E-state index in [1.807, 2.05) is 0 Å². The molecule has 0 heterocycles. The number of hydrogen-bond acceptors (Lipinski definition) is 6. The van der Waals surface area contributed by atoms with E-state index >= 15 is 0 Å². The standard InChI is InChI=1S/C7H13NO4S.C5H8O3.Na.H/c1-4-7(9)8(3)5-6(2)13(10,11)12;1-3-5(7)8-4(2)6;;/h4,6H,1,5H2,2-3H3,(H,10,11,12);3-4,6H,1H2,2H3;;. The molecule has 0 fully saturated rings. The molecular formula is C12H22NNaO7S. The fourth-order valence-corrected chi connectivity index (χ4v) is 1.35. The summed E-state index contributed by atoms with van der Waals surface area (Å²) in [7, 11) is -2.63. The molecule has 0 aromatic heterocycles. The molecule has 0 aliphatic heterocycles. The van der Waals surface area contributed by atoms with Gasteiger partial charge in [-0.2, -0.15) is 8.42 Å². The molecule has 0 saturated carbocycles. The fraction of sp³-hybridized carbons (Fsp3) is 0.500. The number of amides is 1. The average molecular weight is 347 g/mol. The molecule has 0 aromatic carbocycles. The zero-order valence-electron chi connectivity index (χ0n) is 12.2. The third-order valence-electron chi connectivity index (χ3n) is 2.04. The van der Waals surface area contributed by atoms with Crippen molar-refractivity contribution in [1.29, 1.82) is 0 Å². The Kier molecular flexibility index (Phi) is 15.2. The molecule has 8 nitrogen and oxygen atoms in total. The maximum absolute atomic E-state index is 10.9. The summed E-state index contributed by atoms with van der Waals surface area (Å²) in [4.78, 5) is 22.2. The second-order valence-corrected chi connectivity index (χ2v) is 5.82. The van der Waals surface area contributed by atoms with E-state index in [0.29, 0.717) is 0 Å². The van der Waals surface area contributed by atoms with E-state index in [9.17, 15) is 18.0 Å². The van der Waals surface area contributed by atoms with Gasteiger partial charge in [0.15, 0.2) is 6.29 Å². The third kappa shape index (κ3) is 14.2. The van der Waals surface area contributed by atoms with Gasteiger partial charge in [0.1, 0.15) is 5.25 Å². The second-order valence-electron chi connectivity index (χ2n) is 3.99. The quantitative estimate of drug-likeness (QED) is 0.214. The predicted octanol–water partition coefficient (Wildman–Crippen LogP) is -0.687.